The average molecular weight is 266 g/mol. The molecule has 0 aliphatic carbocycles. The third-order valence-corrected chi connectivity index (χ3v) is 2.73. The molecule has 0 bridgehead atoms. The first-order chi connectivity index (χ1) is 7.89. The summed E-state index contributed by atoms with van der Waals surface area (Å²) in [6.45, 7) is 6.32. The summed E-state index contributed by atoms with van der Waals surface area (Å²) in [5.74, 6) is -0.217. The van der Waals surface area contributed by atoms with Gasteiger partial charge in [0.2, 0.25) is 0 Å². The Kier molecular flexibility index (Phi) is 8.59. The van der Waals surface area contributed by atoms with E-state index in [1.165, 1.54) is 0 Å². The van der Waals surface area contributed by atoms with E-state index in [4.69, 9.17) is 13.5 Å². The molecule has 5 nitrogen and oxygen atoms in total. The molecule has 0 heterocycles. The quantitative estimate of drug-likeness (QED) is 0.298. The zero-order valence-corrected chi connectivity index (χ0v) is 12.0. The molecular weight excluding hydrogens is 242 g/mol. The van der Waals surface area contributed by atoms with Crippen molar-refractivity contribution in [2.75, 3.05) is 40.4 Å². The summed E-state index contributed by atoms with van der Waals surface area (Å²) in [6.07, 6.45) is 0.860. The van der Waals surface area contributed by atoms with E-state index in [1.807, 2.05) is 13.8 Å². The highest BCUT2D eigenvalue weighted by molar-refractivity contribution is 7.88. The van der Waals surface area contributed by atoms with Crippen molar-refractivity contribution < 1.29 is 22.8 Å². The Morgan fingerprint density at radius 2 is 1.94 bits per heavy atom. The van der Waals surface area contributed by atoms with Gasteiger partial charge in [-0.15, -0.1) is 0 Å². The fourth-order valence-electron chi connectivity index (χ4n) is 1.26. The fourth-order valence-corrected chi connectivity index (χ4v) is 1.45. The number of rotatable bonds is 9. The van der Waals surface area contributed by atoms with Gasteiger partial charge >= 0.3 is 5.97 Å². The topological polar surface area (TPSA) is 55.8 Å². The average Bonchev–Trinajstić information content (AvgIpc) is 2.24. The van der Waals surface area contributed by atoms with Crippen molar-refractivity contribution in [2.45, 2.75) is 20.3 Å². The number of carbonyl (C=O) groups excluding carboxylic acids is 1. The molecule has 0 rings (SSSR count). The van der Waals surface area contributed by atoms with E-state index in [0.717, 1.165) is 24.0 Å². The van der Waals surface area contributed by atoms with E-state index >= 15 is 0 Å². The molecule has 0 aromatic carbocycles. The van der Waals surface area contributed by atoms with Gasteiger partial charge in [0.15, 0.2) is 12.3 Å². The van der Waals surface area contributed by atoms with Crippen LogP contribution in [0.2, 0.25) is 0 Å². The van der Waals surface area contributed by atoms with Crippen LogP contribution in [-0.4, -0.2) is 55.4 Å². The van der Waals surface area contributed by atoms with E-state index < -0.39 is 0 Å². The summed E-state index contributed by atoms with van der Waals surface area (Å²) in [5.41, 5.74) is 0. The van der Waals surface area contributed by atoms with Gasteiger partial charge in [0.25, 0.3) is 0 Å². The lowest BCUT2D eigenvalue weighted by molar-refractivity contribution is -0.890. The Bertz CT molecular complexity index is 222. The smallest absolute Gasteiger partial charge is 0.308 e. The predicted octanol–water partition coefficient (Wildman–Crippen LogP) is 1.79. The molecule has 0 spiro atoms. The minimum atomic E-state index is -0.148. The van der Waals surface area contributed by atoms with Crippen LogP contribution >= 0.6 is 12.3 Å². The van der Waals surface area contributed by atoms with Crippen molar-refractivity contribution >= 4 is 18.3 Å². The standard InChI is InChI=1S/C11H23NO4S/c1-10(2)11(13)15-9-7-12(3,4)6-5-8-16-17-14/h10H,5-9H2,1-4H3/p+1. The van der Waals surface area contributed by atoms with Gasteiger partial charge in [0.1, 0.15) is 13.2 Å². The molecule has 0 saturated heterocycles. The Morgan fingerprint density at radius 1 is 1.29 bits per heavy atom. The van der Waals surface area contributed by atoms with Crippen LogP contribution in [0.15, 0.2) is 0 Å². The molecule has 0 aliphatic heterocycles. The van der Waals surface area contributed by atoms with Crippen LogP contribution in [0.4, 0.5) is 0 Å². The van der Waals surface area contributed by atoms with Gasteiger partial charge in [-0.05, 0) is 0 Å². The zero-order valence-electron chi connectivity index (χ0n) is 11.1. The third kappa shape index (κ3) is 9.41. The molecule has 6 heteroatoms. The lowest BCUT2D eigenvalue weighted by Crippen LogP contribution is -2.43. The van der Waals surface area contributed by atoms with E-state index in [2.05, 4.69) is 14.1 Å². The molecule has 0 aliphatic rings. The minimum absolute atomic E-state index is 0.0689. The van der Waals surface area contributed by atoms with Crippen molar-refractivity contribution in [1.82, 2.24) is 0 Å². The number of esters is 1. The Hall–Kier alpha value is -0.300. The van der Waals surface area contributed by atoms with Crippen LogP contribution in [0.25, 0.3) is 0 Å². The Balaban J connectivity index is 3.66. The number of likely N-dealkylation sites (N-methyl/N-ethyl adjacent to an activating group) is 1. The minimum Gasteiger partial charge on any atom is -0.459 e. The SMILES string of the molecule is CC(C)C(=O)OCC[N+](C)(C)CCCOSO. The van der Waals surface area contributed by atoms with Gasteiger partial charge < -0.3 is 13.8 Å². The van der Waals surface area contributed by atoms with Crippen LogP contribution in [0, 0.1) is 5.92 Å². The highest BCUT2D eigenvalue weighted by atomic mass is 32.2. The summed E-state index contributed by atoms with van der Waals surface area (Å²) in [5, 5.41) is 0. The fraction of sp³-hybridized carbons (Fsp3) is 0.909. The van der Waals surface area contributed by atoms with Gasteiger partial charge in [0, 0.05) is 6.42 Å². The molecule has 0 aromatic heterocycles. The first-order valence-corrected chi connectivity index (χ1v) is 6.50. The van der Waals surface area contributed by atoms with E-state index in [-0.39, 0.29) is 11.9 Å². The van der Waals surface area contributed by atoms with E-state index in [9.17, 15) is 4.79 Å². The Morgan fingerprint density at radius 3 is 2.47 bits per heavy atom. The molecule has 0 unspecified atom stereocenters. The number of nitrogens with zero attached hydrogens (tertiary/aromatic N) is 1. The lowest BCUT2D eigenvalue weighted by Gasteiger charge is -2.29. The Labute approximate surface area is 108 Å². The second-order valence-electron chi connectivity index (χ2n) is 4.96. The number of ether oxygens (including phenoxy) is 1. The van der Waals surface area contributed by atoms with Crippen LogP contribution in [0.1, 0.15) is 20.3 Å². The maximum Gasteiger partial charge on any atom is 0.308 e. The van der Waals surface area contributed by atoms with Gasteiger partial charge in [-0.2, -0.15) is 0 Å². The molecule has 0 atom stereocenters. The highest BCUT2D eigenvalue weighted by Gasteiger charge is 2.16. The highest BCUT2D eigenvalue weighted by Crippen LogP contribution is 2.03. The van der Waals surface area contributed by atoms with Crippen molar-refractivity contribution in [3.05, 3.63) is 0 Å². The number of carbonyl (C=O) groups is 1. The lowest BCUT2D eigenvalue weighted by atomic mass is 10.2. The summed E-state index contributed by atoms with van der Waals surface area (Å²) >= 11 is 0.401. The molecule has 0 aromatic rings. The predicted molar refractivity (Wildman–Crippen MR) is 68.4 cm³/mol. The normalized spacial score (nSPS) is 11.9. The van der Waals surface area contributed by atoms with E-state index in [1.54, 1.807) is 0 Å². The van der Waals surface area contributed by atoms with Gasteiger partial charge in [-0.3, -0.25) is 8.98 Å². The number of hydrogen-bond acceptors (Lipinski definition) is 5. The van der Waals surface area contributed by atoms with E-state index in [0.29, 0.717) is 25.5 Å². The second-order valence-corrected chi connectivity index (χ2v) is 5.34. The summed E-state index contributed by atoms with van der Waals surface area (Å²) in [4.78, 5) is 11.2. The van der Waals surface area contributed by atoms with Crippen LogP contribution in [0.5, 0.6) is 0 Å². The monoisotopic (exact) mass is 266 g/mol. The van der Waals surface area contributed by atoms with Gasteiger partial charge in [-0.1, -0.05) is 13.8 Å². The molecule has 1 N–H and O–H groups in total. The maximum absolute atomic E-state index is 11.2. The van der Waals surface area contributed by atoms with Crippen molar-refractivity contribution in [3.63, 3.8) is 0 Å². The molecule has 0 fully saturated rings. The zero-order chi connectivity index (χ0) is 13.3. The number of hydrogen-bond donors (Lipinski definition) is 1. The van der Waals surface area contributed by atoms with Crippen molar-refractivity contribution in [3.8, 4) is 0 Å². The largest absolute Gasteiger partial charge is 0.459 e. The maximum atomic E-state index is 11.2. The van der Waals surface area contributed by atoms with Crippen LogP contribution in [0.3, 0.4) is 0 Å². The van der Waals surface area contributed by atoms with Crippen molar-refractivity contribution in [1.29, 1.82) is 0 Å². The first-order valence-electron chi connectivity index (χ1n) is 5.81. The molecule has 0 radical (unpaired) electrons. The molecule has 102 valence electrons. The second kappa shape index (κ2) is 8.74. The first kappa shape index (κ1) is 16.7. The van der Waals surface area contributed by atoms with Crippen LogP contribution < -0.4 is 0 Å². The summed E-state index contributed by atoms with van der Waals surface area (Å²) < 4.78 is 19.1. The molecule has 0 saturated carbocycles. The third-order valence-electron chi connectivity index (χ3n) is 2.46. The van der Waals surface area contributed by atoms with Gasteiger partial charge in [0.05, 0.1) is 33.2 Å². The van der Waals surface area contributed by atoms with Crippen LogP contribution in [-0.2, 0) is 13.7 Å². The summed E-state index contributed by atoms with van der Waals surface area (Å²) in [7, 11) is 4.16. The molecule has 0 amide bonds. The summed E-state index contributed by atoms with van der Waals surface area (Å²) in [6, 6.07) is 0. The van der Waals surface area contributed by atoms with Gasteiger partial charge in [-0.25, -0.2) is 0 Å². The molecule has 17 heavy (non-hydrogen) atoms. The molecular formula is C11H24NO4S+. The number of quaternary nitrogens is 1. The van der Waals surface area contributed by atoms with Crippen molar-refractivity contribution in [2.24, 2.45) is 5.92 Å².